The highest BCUT2D eigenvalue weighted by molar-refractivity contribution is 4.83. The van der Waals surface area contributed by atoms with E-state index in [9.17, 15) is 10.2 Å². The van der Waals surface area contributed by atoms with Crippen LogP contribution in [0.4, 0.5) is 0 Å². The predicted molar refractivity (Wildman–Crippen MR) is 89.6 cm³/mol. The van der Waals surface area contributed by atoms with Crippen LogP contribution in [0.25, 0.3) is 0 Å². The van der Waals surface area contributed by atoms with Gasteiger partial charge in [0.05, 0.1) is 25.4 Å². The van der Waals surface area contributed by atoms with Crippen LogP contribution in [0.1, 0.15) is 48.0 Å². The van der Waals surface area contributed by atoms with Crippen molar-refractivity contribution in [2.75, 3.05) is 32.8 Å². The quantitative estimate of drug-likeness (QED) is 0.511. The molecule has 0 heterocycles. The van der Waals surface area contributed by atoms with Gasteiger partial charge in [0.25, 0.3) is 0 Å². The fraction of sp³-hybridized carbons (Fsp3) is 1.00. The third-order valence-electron chi connectivity index (χ3n) is 3.92. The molecule has 3 unspecified atom stereocenters. The van der Waals surface area contributed by atoms with Crippen molar-refractivity contribution in [3.8, 4) is 0 Å². The zero-order chi connectivity index (χ0) is 17.6. The van der Waals surface area contributed by atoms with Crippen molar-refractivity contribution >= 4 is 0 Å². The molecular formula is C17H37NO4. The SMILES string of the molecule is CC(C)(C)CC(CN(CC(O)CO)CC(O)CO)C(C)(C)C. The summed E-state index contributed by atoms with van der Waals surface area (Å²) in [6.45, 7) is 13.9. The van der Waals surface area contributed by atoms with Crippen molar-refractivity contribution in [3.05, 3.63) is 0 Å². The second-order valence-corrected chi connectivity index (χ2v) is 8.72. The average molecular weight is 319 g/mol. The summed E-state index contributed by atoms with van der Waals surface area (Å²) in [6.07, 6.45) is -0.639. The summed E-state index contributed by atoms with van der Waals surface area (Å²) in [7, 11) is 0. The topological polar surface area (TPSA) is 84.2 Å². The minimum absolute atomic E-state index is 0.0971. The van der Waals surface area contributed by atoms with Crippen LogP contribution in [-0.2, 0) is 0 Å². The van der Waals surface area contributed by atoms with E-state index in [0.717, 1.165) is 13.0 Å². The molecule has 0 aliphatic rings. The van der Waals surface area contributed by atoms with Gasteiger partial charge in [0, 0.05) is 19.6 Å². The Hall–Kier alpha value is -0.200. The number of aliphatic hydroxyl groups excluding tert-OH is 4. The first kappa shape index (κ1) is 21.8. The summed E-state index contributed by atoms with van der Waals surface area (Å²) in [4.78, 5) is 1.95. The molecule has 4 N–H and O–H groups in total. The number of rotatable bonds is 9. The van der Waals surface area contributed by atoms with Crippen molar-refractivity contribution in [2.24, 2.45) is 16.7 Å². The maximum atomic E-state index is 9.73. The molecule has 0 fully saturated rings. The highest BCUT2D eigenvalue weighted by Crippen LogP contribution is 2.36. The van der Waals surface area contributed by atoms with E-state index >= 15 is 0 Å². The van der Waals surface area contributed by atoms with E-state index in [2.05, 4.69) is 41.5 Å². The van der Waals surface area contributed by atoms with Crippen molar-refractivity contribution in [1.29, 1.82) is 0 Å². The first-order chi connectivity index (χ1) is 9.89. The first-order valence-electron chi connectivity index (χ1n) is 8.19. The maximum absolute atomic E-state index is 9.73. The first-order valence-corrected chi connectivity index (χ1v) is 8.19. The Bertz CT molecular complexity index is 284. The summed E-state index contributed by atoms with van der Waals surface area (Å²) in [5.41, 5.74) is 0.286. The molecule has 0 aromatic rings. The van der Waals surface area contributed by atoms with Crippen molar-refractivity contribution in [2.45, 2.75) is 60.2 Å². The third kappa shape index (κ3) is 9.74. The molecule has 134 valence electrons. The Morgan fingerprint density at radius 2 is 1.18 bits per heavy atom. The molecule has 3 atom stereocenters. The Morgan fingerprint density at radius 3 is 1.45 bits per heavy atom. The van der Waals surface area contributed by atoms with Crippen molar-refractivity contribution < 1.29 is 20.4 Å². The van der Waals surface area contributed by atoms with Crippen molar-refractivity contribution in [3.63, 3.8) is 0 Å². The van der Waals surface area contributed by atoms with Crippen LogP contribution in [0, 0.1) is 16.7 Å². The number of aliphatic hydroxyl groups is 4. The van der Waals surface area contributed by atoms with Crippen LogP contribution in [0.3, 0.4) is 0 Å². The lowest BCUT2D eigenvalue weighted by atomic mass is 9.72. The van der Waals surface area contributed by atoms with Gasteiger partial charge in [0.15, 0.2) is 0 Å². The van der Waals surface area contributed by atoms with Gasteiger partial charge in [0.2, 0.25) is 0 Å². The Labute approximate surface area is 136 Å². The summed E-state index contributed by atoms with van der Waals surface area (Å²) in [5.74, 6) is 0.379. The van der Waals surface area contributed by atoms with Gasteiger partial charge in [0.1, 0.15) is 0 Å². The minimum atomic E-state index is -0.832. The number of hydrogen-bond acceptors (Lipinski definition) is 5. The van der Waals surface area contributed by atoms with Crippen LogP contribution < -0.4 is 0 Å². The minimum Gasteiger partial charge on any atom is -0.394 e. The third-order valence-corrected chi connectivity index (χ3v) is 3.92. The fourth-order valence-corrected chi connectivity index (χ4v) is 2.63. The standard InChI is InChI=1S/C17H37NO4/c1-16(2,3)7-13(17(4,5)6)8-18(9-14(21)11-19)10-15(22)12-20/h13-15,19-22H,7-12H2,1-6H3. The van der Waals surface area contributed by atoms with Crippen LogP contribution in [0.15, 0.2) is 0 Å². The number of nitrogens with zero attached hydrogens (tertiary/aromatic N) is 1. The van der Waals surface area contributed by atoms with E-state index in [1.807, 2.05) is 4.90 Å². The van der Waals surface area contributed by atoms with E-state index in [4.69, 9.17) is 10.2 Å². The number of hydrogen-bond donors (Lipinski definition) is 4. The molecule has 22 heavy (non-hydrogen) atoms. The highest BCUT2D eigenvalue weighted by Gasteiger charge is 2.31. The second-order valence-electron chi connectivity index (χ2n) is 8.72. The van der Waals surface area contributed by atoms with Crippen molar-refractivity contribution in [1.82, 2.24) is 4.90 Å². The van der Waals surface area contributed by atoms with Gasteiger partial charge in [-0.1, -0.05) is 41.5 Å². The zero-order valence-corrected chi connectivity index (χ0v) is 15.2. The summed E-state index contributed by atoms with van der Waals surface area (Å²) >= 11 is 0. The van der Waals surface area contributed by atoms with Gasteiger partial charge in [-0.25, -0.2) is 0 Å². The lowest BCUT2D eigenvalue weighted by Crippen LogP contribution is -2.45. The van der Waals surface area contributed by atoms with E-state index < -0.39 is 12.2 Å². The second kappa shape index (κ2) is 9.18. The molecule has 0 aliphatic carbocycles. The van der Waals surface area contributed by atoms with E-state index in [0.29, 0.717) is 19.0 Å². The average Bonchev–Trinajstić information content (AvgIpc) is 2.34. The van der Waals surface area contributed by atoms with Crippen LogP contribution in [0.5, 0.6) is 0 Å². The van der Waals surface area contributed by atoms with Gasteiger partial charge in [-0.3, -0.25) is 4.90 Å². The molecule has 0 saturated heterocycles. The van der Waals surface area contributed by atoms with Crippen LogP contribution >= 0.6 is 0 Å². The van der Waals surface area contributed by atoms with Gasteiger partial charge in [-0.2, -0.15) is 0 Å². The Morgan fingerprint density at radius 1 is 0.773 bits per heavy atom. The molecule has 0 amide bonds. The smallest absolute Gasteiger partial charge is 0.0897 e. The molecule has 0 saturated carbocycles. The van der Waals surface area contributed by atoms with E-state index in [1.54, 1.807) is 0 Å². The monoisotopic (exact) mass is 319 g/mol. The maximum Gasteiger partial charge on any atom is 0.0897 e. The molecule has 0 aromatic carbocycles. The lowest BCUT2D eigenvalue weighted by Gasteiger charge is -2.39. The molecule has 0 aliphatic heterocycles. The Balaban J connectivity index is 5.00. The highest BCUT2D eigenvalue weighted by atomic mass is 16.3. The molecule has 0 bridgehead atoms. The van der Waals surface area contributed by atoms with Crippen LogP contribution in [0.2, 0.25) is 0 Å². The van der Waals surface area contributed by atoms with Gasteiger partial charge in [-0.15, -0.1) is 0 Å². The molecule has 0 aromatic heterocycles. The molecule has 5 heteroatoms. The molecular weight excluding hydrogens is 282 g/mol. The largest absolute Gasteiger partial charge is 0.394 e. The van der Waals surface area contributed by atoms with Gasteiger partial charge >= 0.3 is 0 Å². The molecule has 0 radical (unpaired) electrons. The molecule has 0 spiro atoms. The van der Waals surface area contributed by atoms with E-state index in [1.165, 1.54) is 0 Å². The fourth-order valence-electron chi connectivity index (χ4n) is 2.63. The molecule has 0 rings (SSSR count). The molecule has 5 nitrogen and oxygen atoms in total. The van der Waals surface area contributed by atoms with Crippen LogP contribution in [-0.4, -0.2) is 70.4 Å². The predicted octanol–water partition coefficient (Wildman–Crippen LogP) is 1.09. The summed E-state index contributed by atoms with van der Waals surface area (Å²) < 4.78 is 0. The summed E-state index contributed by atoms with van der Waals surface area (Å²) in [5, 5.41) is 37.6. The lowest BCUT2D eigenvalue weighted by molar-refractivity contribution is 0.00525. The van der Waals surface area contributed by atoms with E-state index in [-0.39, 0.29) is 24.0 Å². The zero-order valence-electron chi connectivity index (χ0n) is 15.2. The Kier molecular flexibility index (Phi) is 9.10. The normalized spacial score (nSPS) is 17.6. The summed E-state index contributed by atoms with van der Waals surface area (Å²) in [6, 6.07) is 0. The van der Waals surface area contributed by atoms with Gasteiger partial charge in [-0.05, 0) is 23.2 Å². The van der Waals surface area contributed by atoms with Gasteiger partial charge < -0.3 is 20.4 Å².